The van der Waals surface area contributed by atoms with Crippen LogP contribution in [0.1, 0.15) is 26.2 Å². The average molecular weight is 136 g/mol. The van der Waals surface area contributed by atoms with Crippen molar-refractivity contribution >= 4 is 12.4 Å². The number of halogens is 1. The van der Waals surface area contributed by atoms with Crippen LogP contribution in [0.25, 0.3) is 0 Å². The van der Waals surface area contributed by atoms with Gasteiger partial charge in [0.15, 0.2) is 0 Å². The second-order valence-electron chi connectivity index (χ2n) is 2.56. The Labute approximate surface area is 57.1 Å². The molecule has 1 nitrogen and oxygen atoms in total. The lowest BCUT2D eigenvalue weighted by molar-refractivity contribution is 0.505. The van der Waals surface area contributed by atoms with Crippen LogP contribution in [-0.4, -0.2) is 6.54 Å². The van der Waals surface area contributed by atoms with Gasteiger partial charge in [0.05, 0.1) is 0 Å². The summed E-state index contributed by atoms with van der Waals surface area (Å²) in [6.45, 7) is 3.13. The number of rotatable bonds is 2. The summed E-state index contributed by atoms with van der Waals surface area (Å²) in [4.78, 5) is 0. The van der Waals surface area contributed by atoms with Gasteiger partial charge in [-0.3, -0.25) is 0 Å². The highest BCUT2D eigenvalue weighted by Crippen LogP contribution is 2.47. The Bertz CT molecular complexity index is 62.9. The molecule has 0 heterocycles. The van der Waals surface area contributed by atoms with Crippen molar-refractivity contribution < 1.29 is 0 Å². The summed E-state index contributed by atoms with van der Waals surface area (Å²) in [5.41, 5.74) is 6.09. The Hall–Kier alpha value is 0.250. The maximum atomic E-state index is 5.48. The van der Waals surface area contributed by atoms with E-state index in [4.69, 9.17) is 5.73 Å². The lowest BCUT2D eigenvalue weighted by atomic mass is 10.1. The predicted octanol–water partition coefficient (Wildman–Crippen LogP) is 1.56. The van der Waals surface area contributed by atoms with Crippen molar-refractivity contribution in [3.05, 3.63) is 0 Å². The summed E-state index contributed by atoms with van der Waals surface area (Å²) in [7, 11) is 0. The first-order valence-corrected chi connectivity index (χ1v) is 3.03. The van der Waals surface area contributed by atoms with Gasteiger partial charge in [-0.2, -0.15) is 0 Å². The molecule has 8 heavy (non-hydrogen) atoms. The first-order valence-electron chi connectivity index (χ1n) is 3.03. The third-order valence-corrected chi connectivity index (χ3v) is 2.14. The van der Waals surface area contributed by atoms with E-state index in [0.29, 0.717) is 5.41 Å². The normalized spacial score (nSPS) is 21.8. The molecule has 0 spiro atoms. The van der Waals surface area contributed by atoms with E-state index < -0.39 is 0 Å². The lowest BCUT2D eigenvalue weighted by Crippen LogP contribution is -2.13. The molecule has 0 amide bonds. The Balaban J connectivity index is 0.000000490. The highest BCUT2D eigenvalue weighted by atomic mass is 35.5. The molecule has 1 saturated carbocycles. The maximum Gasteiger partial charge on any atom is -0.00206 e. The minimum absolute atomic E-state index is 0. The Kier molecular flexibility index (Phi) is 2.78. The van der Waals surface area contributed by atoms with Crippen LogP contribution in [0.2, 0.25) is 0 Å². The smallest absolute Gasteiger partial charge is 0.00206 e. The van der Waals surface area contributed by atoms with Crippen LogP contribution in [0.5, 0.6) is 0 Å². The standard InChI is InChI=1S/C6H13N.ClH/c1-2-6(5-7)3-4-6;/h2-5,7H2,1H3;1H. The van der Waals surface area contributed by atoms with Gasteiger partial charge < -0.3 is 5.73 Å². The van der Waals surface area contributed by atoms with Crippen molar-refractivity contribution in [2.45, 2.75) is 26.2 Å². The second kappa shape index (κ2) is 2.70. The van der Waals surface area contributed by atoms with Gasteiger partial charge in [0, 0.05) is 0 Å². The van der Waals surface area contributed by atoms with Crippen molar-refractivity contribution in [3.63, 3.8) is 0 Å². The van der Waals surface area contributed by atoms with Gasteiger partial charge in [0.1, 0.15) is 0 Å². The van der Waals surface area contributed by atoms with Crippen LogP contribution in [0.3, 0.4) is 0 Å². The Morgan fingerprint density at radius 1 is 1.50 bits per heavy atom. The van der Waals surface area contributed by atoms with Gasteiger partial charge in [0.2, 0.25) is 0 Å². The summed E-state index contributed by atoms with van der Waals surface area (Å²) in [5, 5.41) is 0. The van der Waals surface area contributed by atoms with Crippen molar-refractivity contribution in [2.24, 2.45) is 11.1 Å². The Morgan fingerprint density at radius 3 is 2.00 bits per heavy atom. The molecule has 1 aliphatic rings. The lowest BCUT2D eigenvalue weighted by Gasteiger charge is -2.04. The monoisotopic (exact) mass is 135 g/mol. The quantitative estimate of drug-likeness (QED) is 0.611. The zero-order chi connectivity index (χ0) is 5.33. The van der Waals surface area contributed by atoms with Gasteiger partial charge in [-0.15, -0.1) is 12.4 Å². The predicted molar refractivity (Wildman–Crippen MR) is 38.3 cm³/mol. The van der Waals surface area contributed by atoms with Gasteiger partial charge >= 0.3 is 0 Å². The van der Waals surface area contributed by atoms with Gasteiger partial charge in [-0.25, -0.2) is 0 Å². The van der Waals surface area contributed by atoms with E-state index in [1.165, 1.54) is 19.3 Å². The SMILES string of the molecule is CCC1(CN)CC1.Cl. The number of hydrogen-bond acceptors (Lipinski definition) is 1. The molecule has 0 aromatic carbocycles. The van der Waals surface area contributed by atoms with Crippen LogP contribution in [-0.2, 0) is 0 Å². The third kappa shape index (κ3) is 1.36. The maximum absolute atomic E-state index is 5.48. The fraction of sp³-hybridized carbons (Fsp3) is 1.00. The summed E-state index contributed by atoms with van der Waals surface area (Å²) in [6, 6.07) is 0. The molecular weight excluding hydrogens is 122 g/mol. The molecule has 2 heteroatoms. The highest BCUT2D eigenvalue weighted by molar-refractivity contribution is 5.85. The van der Waals surface area contributed by atoms with Crippen molar-refractivity contribution in [1.82, 2.24) is 0 Å². The van der Waals surface area contributed by atoms with Crippen molar-refractivity contribution in [2.75, 3.05) is 6.54 Å². The van der Waals surface area contributed by atoms with Gasteiger partial charge in [-0.05, 0) is 31.2 Å². The van der Waals surface area contributed by atoms with Gasteiger partial charge in [0.25, 0.3) is 0 Å². The van der Waals surface area contributed by atoms with E-state index in [1.54, 1.807) is 0 Å². The largest absolute Gasteiger partial charge is 0.330 e. The zero-order valence-corrected chi connectivity index (χ0v) is 6.13. The molecule has 1 rings (SSSR count). The fourth-order valence-electron chi connectivity index (χ4n) is 0.879. The molecule has 0 radical (unpaired) electrons. The molecule has 1 fully saturated rings. The molecule has 0 aromatic rings. The summed E-state index contributed by atoms with van der Waals surface area (Å²) in [5.74, 6) is 0. The van der Waals surface area contributed by atoms with Crippen LogP contribution in [0.4, 0.5) is 0 Å². The first-order chi connectivity index (χ1) is 3.33. The molecule has 0 atom stereocenters. The fourth-order valence-corrected chi connectivity index (χ4v) is 0.879. The van der Waals surface area contributed by atoms with Crippen LogP contribution in [0, 0.1) is 5.41 Å². The second-order valence-corrected chi connectivity index (χ2v) is 2.56. The molecular formula is C6H14ClN. The van der Waals surface area contributed by atoms with Crippen LogP contribution >= 0.6 is 12.4 Å². The number of nitrogens with two attached hydrogens (primary N) is 1. The topological polar surface area (TPSA) is 26.0 Å². The van der Waals surface area contributed by atoms with Crippen molar-refractivity contribution in [3.8, 4) is 0 Å². The van der Waals surface area contributed by atoms with Crippen LogP contribution < -0.4 is 5.73 Å². The van der Waals surface area contributed by atoms with Crippen molar-refractivity contribution in [1.29, 1.82) is 0 Å². The minimum atomic E-state index is 0. The highest BCUT2D eigenvalue weighted by Gasteiger charge is 2.38. The summed E-state index contributed by atoms with van der Waals surface area (Å²) in [6.07, 6.45) is 4.03. The average Bonchev–Trinajstić information content (AvgIpc) is 2.46. The molecule has 0 saturated heterocycles. The molecule has 2 N–H and O–H groups in total. The van der Waals surface area contributed by atoms with Crippen LogP contribution in [0.15, 0.2) is 0 Å². The molecule has 0 aromatic heterocycles. The summed E-state index contributed by atoms with van der Waals surface area (Å²) >= 11 is 0. The van der Waals surface area contributed by atoms with Gasteiger partial charge in [-0.1, -0.05) is 6.92 Å². The number of hydrogen-bond donors (Lipinski definition) is 1. The molecule has 0 bridgehead atoms. The van der Waals surface area contributed by atoms with E-state index in [9.17, 15) is 0 Å². The van der Waals surface area contributed by atoms with E-state index in [1.807, 2.05) is 0 Å². The van der Waals surface area contributed by atoms with E-state index in [-0.39, 0.29) is 12.4 Å². The minimum Gasteiger partial charge on any atom is -0.330 e. The van der Waals surface area contributed by atoms with E-state index in [0.717, 1.165) is 6.54 Å². The summed E-state index contributed by atoms with van der Waals surface area (Å²) < 4.78 is 0. The zero-order valence-electron chi connectivity index (χ0n) is 5.31. The third-order valence-electron chi connectivity index (χ3n) is 2.14. The molecule has 0 aliphatic heterocycles. The molecule has 0 unspecified atom stereocenters. The van der Waals surface area contributed by atoms with E-state index in [2.05, 4.69) is 6.92 Å². The first kappa shape index (κ1) is 8.25. The molecule has 1 aliphatic carbocycles. The Morgan fingerprint density at radius 2 is 2.00 bits per heavy atom. The van der Waals surface area contributed by atoms with E-state index >= 15 is 0 Å². The molecule has 50 valence electrons.